The first-order chi connectivity index (χ1) is 12.3. The van der Waals surface area contributed by atoms with Crippen LogP contribution in [-0.4, -0.2) is 40.0 Å². The van der Waals surface area contributed by atoms with Crippen molar-refractivity contribution in [2.75, 3.05) is 18.0 Å². The number of benzene rings is 1. The standard InChI is InChI=1S/C20H24FN3O2/c1-14-22-17(11-26-14)18(25)23-9-5-8-20(23)12-19(2,3)24(13-20)16-7-4-6-15(21)10-16/h4,6-7,10-11H,5,8-9,12-13H2,1-3H3. The van der Waals surface area contributed by atoms with E-state index in [1.165, 1.54) is 12.3 Å². The van der Waals surface area contributed by atoms with Crippen molar-refractivity contribution in [3.8, 4) is 0 Å². The van der Waals surface area contributed by atoms with E-state index in [1.807, 2.05) is 11.0 Å². The van der Waals surface area contributed by atoms with E-state index >= 15 is 0 Å². The smallest absolute Gasteiger partial charge is 0.276 e. The van der Waals surface area contributed by atoms with Gasteiger partial charge in [0.05, 0.1) is 5.54 Å². The summed E-state index contributed by atoms with van der Waals surface area (Å²) in [6.45, 7) is 7.48. The van der Waals surface area contributed by atoms with Crippen LogP contribution in [0.3, 0.4) is 0 Å². The van der Waals surface area contributed by atoms with Crippen LogP contribution < -0.4 is 4.90 Å². The topological polar surface area (TPSA) is 49.6 Å². The minimum absolute atomic E-state index is 0.0729. The first-order valence-electron chi connectivity index (χ1n) is 9.08. The summed E-state index contributed by atoms with van der Waals surface area (Å²) in [7, 11) is 0. The third-order valence-corrected chi connectivity index (χ3v) is 5.74. The fraction of sp³-hybridized carbons (Fsp3) is 0.500. The summed E-state index contributed by atoms with van der Waals surface area (Å²) in [4.78, 5) is 21.5. The minimum Gasteiger partial charge on any atom is -0.448 e. The summed E-state index contributed by atoms with van der Waals surface area (Å²) in [6.07, 6.45) is 4.20. The quantitative estimate of drug-likeness (QED) is 0.821. The number of aryl methyl sites for hydroxylation is 1. The Labute approximate surface area is 152 Å². The molecule has 1 atom stereocenters. The van der Waals surface area contributed by atoms with Crippen LogP contribution in [0, 0.1) is 12.7 Å². The SMILES string of the molecule is Cc1nc(C(=O)N2CCCC23CN(c2cccc(F)c2)C(C)(C)C3)co1. The number of amides is 1. The van der Waals surface area contributed by atoms with Crippen LogP contribution >= 0.6 is 0 Å². The zero-order chi connectivity index (χ0) is 18.5. The third-order valence-electron chi connectivity index (χ3n) is 5.74. The average Bonchev–Trinajstić information content (AvgIpc) is 3.25. The summed E-state index contributed by atoms with van der Waals surface area (Å²) in [5, 5.41) is 0. The Kier molecular flexibility index (Phi) is 3.82. The number of halogens is 1. The molecule has 4 rings (SSSR count). The molecule has 1 aromatic carbocycles. The van der Waals surface area contributed by atoms with E-state index < -0.39 is 0 Å². The fourth-order valence-corrected chi connectivity index (χ4v) is 4.75. The first kappa shape index (κ1) is 17.1. The lowest BCUT2D eigenvalue weighted by Crippen LogP contribution is -2.49. The van der Waals surface area contributed by atoms with E-state index in [1.54, 1.807) is 19.1 Å². The number of nitrogens with zero attached hydrogens (tertiary/aromatic N) is 3. The van der Waals surface area contributed by atoms with Crippen molar-refractivity contribution in [2.24, 2.45) is 0 Å². The van der Waals surface area contributed by atoms with Crippen LogP contribution in [0.1, 0.15) is 49.5 Å². The van der Waals surface area contributed by atoms with Crippen LogP contribution in [0.25, 0.3) is 0 Å². The van der Waals surface area contributed by atoms with Gasteiger partial charge in [-0.15, -0.1) is 0 Å². The molecule has 0 bridgehead atoms. The Bertz CT molecular complexity index is 847. The molecule has 0 radical (unpaired) electrons. The number of hydrogen-bond donors (Lipinski definition) is 0. The molecular weight excluding hydrogens is 333 g/mol. The molecule has 3 heterocycles. The van der Waals surface area contributed by atoms with Gasteiger partial charge in [-0.05, 0) is 51.3 Å². The van der Waals surface area contributed by atoms with E-state index in [9.17, 15) is 9.18 Å². The Morgan fingerprint density at radius 3 is 2.85 bits per heavy atom. The first-order valence-corrected chi connectivity index (χ1v) is 9.08. The summed E-state index contributed by atoms with van der Waals surface area (Å²) in [5.74, 6) is 0.183. The van der Waals surface area contributed by atoms with Crippen molar-refractivity contribution in [1.29, 1.82) is 0 Å². The molecule has 0 saturated carbocycles. The van der Waals surface area contributed by atoms with Gasteiger partial charge in [-0.25, -0.2) is 9.37 Å². The highest BCUT2D eigenvalue weighted by molar-refractivity contribution is 5.93. The molecule has 2 aliphatic rings. The largest absolute Gasteiger partial charge is 0.448 e. The van der Waals surface area contributed by atoms with Gasteiger partial charge in [0, 0.05) is 31.2 Å². The normalized spacial score (nSPS) is 24.6. The zero-order valence-corrected chi connectivity index (χ0v) is 15.5. The summed E-state index contributed by atoms with van der Waals surface area (Å²) in [5.41, 5.74) is 0.810. The lowest BCUT2D eigenvalue weighted by atomic mass is 9.87. The molecule has 1 amide bonds. The molecule has 6 heteroatoms. The number of anilines is 1. The van der Waals surface area contributed by atoms with Crippen LogP contribution in [0.4, 0.5) is 10.1 Å². The Morgan fingerprint density at radius 1 is 1.35 bits per heavy atom. The maximum atomic E-state index is 13.8. The summed E-state index contributed by atoms with van der Waals surface area (Å²) in [6, 6.07) is 6.71. The number of hydrogen-bond acceptors (Lipinski definition) is 4. The highest BCUT2D eigenvalue weighted by atomic mass is 19.1. The number of likely N-dealkylation sites (tertiary alicyclic amines) is 1. The van der Waals surface area contributed by atoms with Gasteiger partial charge < -0.3 is 14.2 Å². The van der Waals surface area contributed by atoms with Crippen molar-refractivity contribution in [2.45, 2.75) is 51.1 Å². The molecule has 138 valence electrons. The lowest BCUT2D eigenvalue weighted by molar-refractivity contribution is 0.0611. The number of carbonyl (C=O) groups is 1. The van der Waals surface area contributed by atoms with Crippen molar-refractivity contribution < 1.29 is 13.6 Å². The molecule has 1 unspecified atom stereocenters. The van der Waals surface area contributed by atoms with E-state index in [0.717, 1.165) is 31.5 Å². The molecular formula is C20H24FN3O2. The maximum Gasteiger partial charge on any atom is 0.276 e. The fourth-order valence-electron chi connectivity index (χ4n) is 4.75. The predicted molar refractivity (Wildman–Crippen MR) is 96.7 cm³/mol. The van der Waals surface area contributed by atoms with Gasteiger partial charge in [-0.1, -0.05) is 6.07 Å². The van der Waals surface area contributed by atoms with Gasteiger partial charge in [-0.3, -0.25) is 4.79 Å². The van der Waals surface area contributed by atoms with Gasteiger partial charge in [-0.2, -0.15) is 0 Å². The van der Waals surface area contributed by atoms with Gasteiger partial charge in [0.1, 0.15) is 12.1 Å². The lowest BCUT2D eigenvalue weighted by Gasteiger charge is -2.34. The molecule has 1 spiro atoms. The second-order valence-corrected chi connectivity index (χ2v) is 8.09. The van der Waals surface area contributed by atoms with Gasteiger partial charge in [0.25, 0.3) is 5.91 Å². The van der Waals surface area contributed by atoms with Crippen molar-refractivity contribution in [1.82, 2.24) is 9.88 Å². The van der Waals surface area contributed by atoms with Crippen LogP contribution in [0.2, 0.25) is 0 Å². The van der Waals surface area contributed by atoms with Crippen LogP contribution in [-0.2, 0) is 0 Å². The monoisotopic (exact) mass is 357 g/mol. The average molecular weight is 357 g/mol. The van der Waals surface area contributed by atoms with Crippen LogP contribution in [0.15, 0.2) is 34.9 Å². The molecule has 26 heavy (non-hydrogen) atoms. The third kappa shape index (κ3) is 2.68. The van der Waals surface area contributed by atoms with Crippen molar-refractivity contribution in [3.05, 3.63) is 47.9 Å². The summed E-state index contributed by atoms with van der Waals surface area (Å²) < 4.78 is 19.0. The molecule has 2 saturated heterocycles. The molecule has 2 aliphatic heterocycles. The summed E-state index contributed by atoms with van der Waals surface area (Å²) >= 11 is 0. The van der Waals surface area contributed by atoms with Crippen molar-refractivity contribution in [3.63, 3.8) is 0 Å². The van der Waals surface area contributed by atoms with Gasteiger partial charge in [0.15, 0.2) is 11.6 Å². The van der Waals surface area contributed by atoms with E-state index in [-0.39, 0.29) is 22.8 Å². The minimum atomic E-state index is -0.250. The molecule has 0 aliphatic carbocycles. The Hall–Kier alpha value is -2.37. The zero-order valence-electron chi connectivity index (χ0n) is 15.5. The second kappa shape index (κ2) is 5.83. The van der Waals surface area contributed by atoms with E-state index in [0.29, 0.717) is 18.1 Å². The molecule has 0 N–H and O–H groups in total. The Morgan fingerprint density at radius 2 is 2.15 bits per heavy atom. The van der Waals surface area contributed by atoms with E-state index in [4.69, 9.17) is 4.42 Å². The number of rotatable bonds is 2. The maximum absolute atomic E-state index is 13.8. The van der Waals surface area contributed by atoms with Gasteiger partial charge in [0.2, 0.25) is 0 Å². The van der Waals surface area contributed by atoms with Gasteiger partial charge >= 0.3 is 0 Å². The highest BCUT2D eigenvalue weighted by Gasteiger charge is 2.55. The van der Waals surface area contributed by atoms with Crippen molar-refractivity contribution >= 4 is 11.6 Å². The second-order valence-electron chi connectivity index (χ2n) is 8.09. The molecule has 2 aromatic rings. The number of oxazole rings is 1. The Balaban J connectivity index is 1.66. The number of aromatic nitrogens is 1. The molecule has 5 nitrogen and oxygen atoms in total. The molecule has 1 aromatic heterocycles. The molecule has 2 fully saturated rings. The van der Waals surface area contributed by atoms with E-state index in [2.05, 4.69) is 23.7 Å². The number of carbonyl (C=O) groups excluding carboxylic acids is 1. The van der Waals surface area contributed by atoms with Crippen LogP contribution in [0.5, 0.6) is 0 Å². The predicted octanol–water partition coefficient (Wildman–Crippen LogP) is 3.79. The highest BCUT2D eigenvalue weighted by Crippen LogP contribution is 2.47.